The van der Waals surface area contributed by atoms with E-state index in [1.807, 2.05) is 22.4 Å². The smallest absolute Gasteiger partial charge is 0.339 e. The van der Waals surface area contributed by atoms with Gasteiger partial charge in [-0.3, -0.25) is 4.79 Å². The average molecular weight is 319 g/mol. The minimum Gasteiger partial charge on any atom is -0.488 e. The molecule has 6 heteroatoms. The van der Waals surface area contributed by atoms with Crippen LogP contribution in [-0.4, -0.2) is 30.0 Å². The van der Waals surface area contributed by atoms with Gasteiger partial charge in [-0.2, -0.15) is 0 Å². The average Bonchev–Trinajstić information content (AvgIpc) is 3.09. The number of carbonyl (C=O) groups is 1. The van der Waals surface area contributed by atoms with Crippen molar-refractivity contribution < 1.29 is 13.9 Å². The Labute approximate surface area is 132 Å². The van der Waals surface area contributed by atoms with E-state index in [0.717, 1.165) is 11.3 Å². The van der Waals surface area contributed by atoms with Gasteiger partial charge in [-0.25, -0.2) is 4.79 Å². The number of nitrogens with zero attached hydrogens (tertiary/aromatic N) is 1. The van der Waals surface area contributed by atoms with E-state index in [2.05, 4.69) is 0 Å². The Morgan fingerprint density at radius 2 is 2.36 bits per heavy atom. The summed E-state index contributed by atoms with van der Waals surface area (Å²) in [5.41, 5.74) is -0.418. The van der Waals surface area contributed by atoms with Crippen molar-refractivity contribution in [3.8, 4) is 5.75 Å². The molecule has 0 aliphatic carbocycles. The number of aryl methyl sites for hydroxylation is 1. The minimum absolute atomic E-state index is 0.0755. The number of rotatable bonds is 4. The van der Waals surface area contributed by atoms with Crippen LogP contribution >= 0.6 is 11.3 Å². The first-order valence-corrected chi connectivity index (χ1v) is 8.07. The van der Waals surface area contributed by atoms with Crippen molar-refractivity contribution >= 4 is 17.2 Å². The van der Waals surface area contributed by atoms with Crippen molar-refractivity contribution in [1.82, 2.24) is 4.90 Å². The summed E-state index contributed by atoms with van der Waals surface area (Å²) in [5, 5.41) is 1.97. The number of likely N-dealkylation sites (tertiary alicyclic amines) is 1. The number of ether oxygens (including phenoxy) is 1. The molecule has 3 heterocycles. The molecule has 5 nitrogen and oxygen atoms in total. The zero-order chi connectivity index (χ0) is 15.5. The van der Waals surface area contributed by atoms with Crippen LogP contribution in [0, 0.1) is 6.92 Å². The van der Waals surface area contributed by atoms with Gasteiger partial charge < -0.3 is 14.1 Å². The first-order valence-electron chi connectivity index (χ1n) is 7.19. The van der Waals surface area contributed by atoms with E-state index >= 15 is 0 Å². The third kappa shape index (κ3) is 3.57. The summed E-state index contributed by atoms with van der Waals surface area (Å²) in [6.45, 7) is 2.96. The highest BCUT2D eigenvalue weighted by Crippen LogP contribution is 2.19. The van der Waals surface area contributed by atoms with Crippen LogP contribution in [0.25, 0.3) is 0 Å². The molecule has 22 heavy (non-hydrogen) atoms. The summed E-state index contributed by atoms with van der Waals surface area (Å²) in [6.07, 6.45) is 1.14. The van der Waals surface area contributed by atoms with Gasteiger partial charge in [0.1, 0.15) is 17.6 Å². The van der Waals surface area contributed by atoms with Crippen LogP contribution in [0.2, 0.25) is 0 Å². The molecule has 0 bridgehead atoms. The normalized spacial score (nSPS) is 17.7. The molecule has 1 aliphatic heterocycles. The van der Waals surface area contributed by atoms with Crippen LogP contribution in [0.3, 0.4) is 0 Å². The van der Waals surface area contributed by atoms with Crippen LogP contribution in [0.4, 0.5) is 0 Å². The van der Waals surface area contributed by atoms with Crippen molar-refractivity contribution in [2.45, 2.75) is 25.9 Å². The molecule has 0 N–H and O–H groups in total. The van der Waals surface area contributed by atoms with Crippen LogP contribution in [-0.2, 0) is 11.2 Å². The van der Waals surface area contributed by atoms with Gasteiger partial charge in [0.05, 0.1) is 19.0 Å². The first kappa shape index (κ1) is 14.8. The molecule has 116 valence electrons. The quantitative estimate of drug-likeness (QED) is 0.867. The van der Waals surface area contributed by atoms with Gasteiger partial charge in [0.2, 0.25) is 5.91 Å². The Balaban J connectivity index is 1.57. The summed E-state index contributed by atoms with van der Waals surface area (Å²) in [4.78, 5) is 26.5. The van der Waals surface area contributed by atoms with Crippen molar-refractivity contribution in [1.29, 1.82) is 0 Å². The molecule has 1 unspecified atom stereocenters. The Kier molecular flexibility index (Phi) is 4.29. The van der Waals surface area contributed by atoms with E-state index in [4.69, 9.17) is 9.15 Å². The first-order chi connectivity index (χ1) is 10.6. The topological polar surface area (TPSA) is 59.8 Å². The van der Waals surface area contributed by atoms with Crippen LogP contribution in [0.1, 0.15) is 17.1 Å². The van der Waals surface area contributed by atoms with Gasteiger partial charge in [0.25, 0.3) is 0 Å². The molecule has 1 amide bonds. The maximum absolute atomic E-state index is 12.2. The molecular weight excluding hydrogens is 302 g/mol. The second-order valence-electron chi connectivity index (χ2n) is 5.35. The molecule has 0 aromatic carbocycles. The van der Waals surface area contributed by atoms with E-state index in [-0.39, 0.29) is 12.0 Å². The second-order valence-corrected chi connectivity index (χ2v) is 6.38. The number of hydrogen-bond donors (Lipinski definition) is 0. The zero-order valence-electron chi connectivity index (χ0n) is 12.3. The molecule has 0 spiro atoms. The molecule has 1 saturated heterocycles. The van der Waals surface area contributed by atoms with Crippen molar-refractivity contribution in [2.75, 3.05) is 13.1 Å². The Morgan fingerprint density at radius 1 is 1.50 bits per heavy atom. The van der Waals surface area contributed by atoms with Gasteiger partial charge in [-0.05, 0) is 18.4 Å². The molecule has 2 aromatic heterocycles. The largest absolute Gasteiger partial charge is 0.488 e. The number of hydrogen-bond acceptors (Lipinski definition) is 5. The lowest BCUT2D eigenvalue weighted by Gasteiger charge is -2.17. The maximum atomic E-state index is 12.2. The van der Waals surface area contributed by atoms with E-state index < -0.39 is 5.63 Å². The highest BCUT2D eigenvalue weighted by molar-refractivity contribution is 7.10. The minimum atomic E-state index is -0.418. The fourth-order valence-electron chi connectivity index (χ4n) is 2.56. The van der Waals surface area contributed by atoms with Crippen LogP contribution in [0.15, 0.2) is 38.9 Å². The molecule has 2 aromatic rings. The third-order valence-corrected chi connectivity index (χ3v) is 4.45. The molecular formula is C16H17NO4S. The predicted octanol–water partition coefficient (Wildman–Crippen LogP) is 2.23. The van der Waals surface area contributed by atoms with Gasteiger partial charge in [0.15, 0.2) is 0 Å². The van der Waals surface area contributed by atoms with Gasteiger partial charge in [0, 0.05) is 23.9 Å². The van der Waals surface area contributed by atoms with E-state index in [1.54, 1.807) is 24.3 Å². The predicted molar refractivity (Wildman–Crippen MR) is 83.4 cm³/mol. The lowest BCUT2D eigenvalue weighted by atomic mass is 10.3. The fraction of sp³-hybridized carbons (Fsp3) is 0.375. The Hall–Kier alpha value is -2.08. The second kappa shape index (κ2) is 6.36. The fourth-order valence-corrected chi connectivity index (χ4v) is 3.26. The number of thiophene rings is 1. The monoisotopic (exact) mass is 319 g/mol. The summed E-state index contributed by atoms with van der Waals surface area (Å²) in [5.74, 6) is 1.15. The maximum Gasteiger partial charge on any atom is 0.339 e. The van der Waals surface area contributed by atoms with Crippen molar-refractivity contribution in [3.63, 3.8) is 0 Å². The lowest BCUT2D eigenvalue weighted by Crippen LogP contribution is -2.32. The van der Waals surface area contributed by atoms with E-state index in [9.17, 15) is 9.59 Å². The lowest BCUT2D eigenvalue weighted by molar-refractivity contribution is -0.129. The summed E-state index contributed by atoms with van der Waals surface area (Å²) < 4.78 is 10.7. The Morgan fingerprint density at radius 3 is 3.09 bits per heavy atom. The summed E-state index contributed by atoms with van der Waals surface area (Å²) in [7, 11) is 0. The van der Waals surface area contributed by atoms with E-state index in [1.165, 1.54) is 6.07 Å². The highest BCUT2D eigenvalue weighted by Gasteiger charge is 2.27. The van der Waals surface area contributed by atoms with Crippen molar-refractivity contribution in [3.05, 3.63) is 50.7 Å². The highest BCUT2D eigenvalue weighted by atomic mass is 32.1. The SMILES string of the molecule is Cc1cc(OC2CCN(C(=O)Cc3cccs3)C2)cc(=O)o1. The standard InChI is InChI=1S/C16H17NO4S/c1-11-7-13(8-16(19)20-11)21-12-4-5-17(10-12)15(18)9-14-3-2-6-22-14/h2-3,6-8,12H,4-5,9-10H2,1H3. The molecule has 0 saturated carbocycles. The van der Waals surface area contributed by atoms with Gasteiger partial charge in [-0.1, -0.05) is 6.07 Å². The molecule has 1 fully saturated rings. The van der Waals surface area contributed by atoms with Crippen LogP contribution < -0.4 is 10.4 Å². The summed E-state index contributed by atoms with van der Waals surface area (Å²) in [6, 6.07) is 6.95. The molecule has 1 atom stereocenters. The number of carbonyl (C=O) groups excluding carboxylic acids is 1. The molecule has 3 rings (SSSR count). The van der Waals surface area contributed by atoms with Gasteiger partial charge >= 0.3 is 5.63 Å². The Bertz CT molecular complexity index is 707. The zero-order valence-corrected chi connectivity index (χ0v) is 13.1. The van der Waals surface area contributed by atoms with Crippen LogP contribution in [0.5, 0.6) is 5.75 Å². The molecule has 0 radical (unpaired) electrons. The van der Waals surface area contributed by atoms with Crippen molar-refractivity contribution in [2.24, 2.45) is 0 Å². The number of amides is 1. The summed E-state index contributed by atoms with van der Waals surface area (Å²) >= 11 is 1.59. The molecule has 1 aliphatic rings. The third-order valence-electron chi connectivity index (χ3n) is 3.57. The van der Waals surface area contributed by atoms with Gasteiger partial charge in [-0.15, -0.1) is 11.3 Å². The van der Waals surface area contributed by atoms with E-state index in [0.29, 0.717) is 31.0 Å².